The van der Waals surface area contributed by atoms with Gasteiger partial charge in [0.05, 0.1) is 16.4 Å². The van der Waals surface area contributed by atoms with Gasteiger partial charge in [0.2, 0.25) is 21.7 Å². The maximum Gasteiger partial charge on any atom is 0.417 e. The molecule has 1 aromatic carbocycles. The molecule has 0 radical (unpaired) electrons. The Morgan fingerprint density at radius 3 is 2.43 bits per heavy atom. The molecule has 146 valence electrons. The first-order valence-electron chi connectivity index (χ1n) is 8.17. The lowest BCUT2D eigenvalue weighted by Crippen LogP contribution is -2.48. The van der Waals surface area contributed by atoms with Crippen LogP contribution in [0.15, 0.2) is 58.2 Å². The smallest absolute Gasteiger partial charge is 0.339 e. The molecule has 28 heavy (non-hydrogen) atoms. The lowest BCUT2D eigenvalue weighted by atomic mass is 10.0. The van der Waals surface area contributed by atoms with Crippen LogP contribution in [-0.2, 0) is 16.2 Å². The number of halogens is 3. The second-order valence-corrected chi connectivity index (χ2v) is 8.11. The van der Waals surface area contributed by atoms with Gasteiger partial charge in [0.25, 0.3) is 0 Å². The summed E-state index contributed by atoms with van der Waals surface area (Å²) < 4.78 is 70.9. The highest BCUT2D eigenvalue weighted by Gasteiger charge is 2.44. The van der Waals surface area contributed by atoms with Gasteiger partial charge in [-0.15, -0.1) is 0 Å². The summed E-state index contributed by atoms with van der Waals surface area (Å²) in [5, 5.41) is 3.85. The number of pyridine rings is 1. The van der Waals surface area contributed by atoms with Crippen molar-refractivity contribution in [2.75, 3.05) is 13.1 Å². The third-order valence-electron chi connectivity index (χ3n) is 4.39. The average molecular weight is 410 g/mol. The Balaban J connectivity index is 1.52. The molecule has 0 spiro atoms. The monoisotopic (exact) mass is 410 g/mol. The van der Waals surface area contributed by atoms with Crippen molar-refractivity contribution in [3.8, 4) is 11.4 Å². The first-order chi connectivity index (χ1) is 13.3. The molecule has 2 aromatic heterocycles. The van der Waals surface area contributed by atoms with Crippen LogP contribution in [0.5, 0.6) is 0 Å². The minimum atomic E-state index is -4.76. The Morgan fingerprint density at radius 1 is 1.07 bits per heavy atom. The standard InChI is InChI=1S/C17H13F3N4O3S/c18-17(19,20)13-3-1-2-4-14(13)28(25,26)24-9-12(10-24)16-22-15(23-27-16)11-5-7-21-8-6-11/h1-8,12H,9-10H2. The molecule has 0 unspecified atom stereocenters. The minimum absolute atomic E-state index is 0.0352. The van der Waals surface area contributed by atoms with Crippen LogP contribution in [0.1, 0.15) is 17.4 Å². The molecule has 1 aliphatic rings. The summed E-state index contributed by atoms with van der Waals surface area (Å²) in [6, 6.07) is 7.52. The number of hydrogen-bond acceptors (Lipinski definition) is 6. The zero-order valence-electron chi connectivity index (χ0n) is 14.2. The van der Waals surface area contributed by atoms with Gasteiger partial charge in [0.15, 0.2) is 0 Å². The van der Waals surface area contributed by atoms with Crippen molar-refractivity contribution in [3.63, 3.8) is 0 Å². The molecule has 0 aliphatic carbocycles. The van der Waals surface area contributed by atoms with Gasteiger partial charge < -0.3 is 4.52 Å². The highest BCUT2D eigenvalue weighted by molar-refractivity contribution is 7.89. The van der Waals surface area contributed by atoms with Crippen LogP contribution in [0.4, 0.5) is 13.2 Å². The lowest BCUT2D eigenvalue weighted by Gasteiger charge is -2.36. The predicted molar refractivity (Wildman–Crippen MR) is 90.5 cm³/mol. The summed E-state index contributed by atoms with van der Waals surface area (Å²) in [6.45, 7) is -0.0704. The topological polar surface area (TPSA) is 89.2 Å². The Bertz CT molecular complexity index is 1090. The van der Waals surface area contributed by atoms with Gasteiger partial charge in [0.1, 0.15) is 0 Å². The van der Waals surface area contributed by atoms with E-state index < -0.39 is 26.7 Å². The van der Waals surface area contributed by atoms with E-state index in [1.807, 2.05) is 0 Å². The van der Waals surface area contributed by atoms with E-state index in [0.717, 1.165) is 22.5 Å². The number of aromatic nitrogens is 3. The molecular weight excluding hydrogens is 397 g/mol. The normalized spacial score (nSPS) is 16.1. The molecule has 0 bridgehead atoms. The zero-order chi connectivity index (χ0) is 19.9. The summed E-state index contributed by atoms with van der Waals surface area (Å²) in [5.74, 6) is 0.194. The van der Waals surface area contributed by atoms with Gasteiger partial charge in [-0.2, -0.15) is 22.5 Å². The molecule has 0 atom stereocenters. The summed E-state index contributed by atoms with van der Waals surface area (Å²) in [4.78, 5) is 7.37. The van der Waals surface area contributed by atoms with Crippen LogP contribution >= 0.6 is 0 Å². The molecule has 0 saturated carbocycles. The Morgan fingerprint density at radius 2 is 1.75 bits per heavy atom. The van der Waals surface area contributed by atoms with Crippen LogP contribution < -0.4 is 0 Å². The largest absolute Gasteiger partial charge is 0.417 e. The summed E-state index contributed by atoms with van der Waals surface area (Å²) in [7, 11) is -4.29. The average Bonchev–Trinajstić information content (AvgIpc) is 3.10. The maximum absolute atomic E-state index is 13.1. The minimum Gasteiger partial charge on any atom is -0.339 e. The second kappa shape index (κ2) is 6.67. The van der Waals surface area contributed by atoms with Crippen LogP contribution in [0.25, 0.3) is 11.4 Å². The number of nitrogens with zero attached hydrogens (tertiary/aromatic N) is 4. The van der Waals surface area contributed by atoms with E-state index in [4.69, 9.17) is 4.52 Å². The van der Waals surface area contributed by atoms with E-state index in [1.54, 1.807) is 24.5 Å². The quantitative estimate of drug-likeness (QED) is 0.657. The molecule has 4 rings (SSSR count). The van der Waals surface area contributed by atoms with E-state index in [0.29, 0.717) is 11.4 Å². The van der Waals surface area contributed by atoms with Gasteiger partial charge in [0, 0.05) is 31.0 Å². The number of hydrogen-bond donors (Lipinski definition) is 0. The van der Waals surface area contributed by atoms with Crippen molar-refractivity contribution in [1.82, 2.24) is 19.4 Å². The van der Waals surface area contributed by atoms with E-state index in [9.17, 15) is 21.6 Å². The molecule has 1 aliphatic heterocycles. The first-order valence-corrected chi connectivity index (χ1v) is 9.61. The van der Waals surface area contributed by atoms with Crippen LogP contribution in [0.2, 0.25) is 0 Å². The van der Waals surface area contributed by atoms with Crippen LogP contribution in [0, 0.1) is 0 Å². The highest BCUT2D eigenvalue weighted by Crippen LogP contribution is 2.38. The molecule has 0 N–H and O–H groups in total. The zero-order valence-corrected chi connectivity index (χ0v) is 15.0. The Labute approximate surface area is 157 Å². The molecule has 3 aromatic rings. The summed E-state index contributed by atoms with van der Waals surface area (Å²) in [5.41, 5.74) is -0.496. The number of benzene rings is 1. The van der Waals surface area contributed by atoms with Gasteiger partial charge in [-0.05, 0) is 24.3 Å². The lowest BCUT2D eigenvalue weighted by molar-refractivity contribution is -0.139. The van der Waals surface area contributed by atoms with Gasteiger partial charge in [-0.1, -0.05) is 17.3 Å². The van der Waals surface area contributed by atoms with Gasteiger partial charge in [-0.3, -0.25) is 4.98 Å². The van der Waals surface area contributed by atoms with Crippen LogP contribution in [0.3, 0.4) is 0 Å². The van der Waals surface area contributed by atoms with Crippen molar-refractivity contribution in [2.24, 2.45) is 0 Å². The SMILES string of the molecule is O=S(=O)(c1ccccc1C(F)(F)F)N1CC(c2nc(-c3ccncc3)no2)C1. The fraction of sp³-hybridized carbons (Fsp3) is 0.235. The predicted octanol–water partition coefficient (Wildman–Crippen LogP) is 2.94. The summed E-state index contributed by atoms with van der Waals surface area (Å²) in [6.07, 6.45) is -1.62. The number of rotatable bonds is 4. The van der Waals surface area contributed by atoms with Gasteiger partial charge in [-0.25, -0.2) is 8.42 Å². The summed E-state index contributed by atoms with van der Waals surface area (Å²) >= 11 is 0. The highest BCUT2D eigenvalue weighted by atomic mass is 32.2. The Hall–Kier alpha value is -2.79. The molecule has 0 amide bonds. The van der Waals surface area contributed by atoms with Crippen LogP contribution in [-0.4, -0.2) is 40.9 Å². The molecule has 3 heterocycles. The molecule has 1 saturated heterocycles. The molecule has 11 heteroatoms. The maximum atomic E-state index is 13.1. The third kappa shape index (κ3) is 3.27. The van der Waals surface area contributed by atoms with E-state index >= 15 is 0 Å². The molecular formula is C17H13F3N4O3S. The fourth-order valence-electron chi connectivity index (χ4n) is 2.87. The van der Waals surface area contributed by atoms with Crippen molar-refractivity contribution in [1.29, 1.82) is 0 Å². The van der Waals surface area contributed by atoms with Crippen molar-refractivity contribution >= 4 is 10.0 Å². The second-order valence-electron chi connectivity index (χ2n) is 6.20. The fourth-order valence-corrected chi connectivity index (χ4v) is 4.62. The van der Waals surface area contributed by atoms with Crippen molar-refractivity contribution in [2.45, 2.75) is 17.0 Å². The van der Waals surface area contributed by atoms with E-state index in [1.165, 1.54) is 6.07 Å². The number of sulfonamides is 1. The van der Waals surface area contributed by atoms with Crippen molar-refractivity contribution in [3.05, 3.63) is 60.2 Å². The third-order valence-corrected chi connectivity index (χ3v) is 6.28. The molecule has 7 nitrogen and oxygen atoms in total. The first kappa shape index (κ1) is 18.6. The number of alkyl halides is 3. The molecule has 1 fully saturated rings. The van der Waals surface area contributed by atoms with Crippen molar-refractivity contribution < 1.29 is 26.1 Å². The van der Waals surface area contributed by atoms with E-state index in [-0.39, 0.29) is 24.9 Å². The van der Waals surface area contributed by atoms with Gasteiger partial charge >= 0.3 is 6.18 Å². The van der Waals surface area contributed by atoms with E-state index in [2.05, 4.69) is 15.1 Å². The Kier molecular flexibility index (Phi) is 4.42.